The van der Waals surface area contributed by atoms with Gasteiger partial charge in [0.1, 0.15) is 6.17 Å². The molecule has 3 atom stereocenters. The average Bonchev–Trinajstić information content (AvgIpc) is 2.75. The van der Waals surface area contributed by atoms with Gasteiger partial charge < -0.3 is 4.90 Å². The maximum atomic E-state index is 12.4. The maximum absolute atomic E-state index is 12.4. The molecule has 0 bridgehead atoms. The molecule has 2 rings (SSSR count). The first-order valence-electron chi connectivity index (χ1n) is 7.63. The molecule has 1 aliphatic rings. The van der Waals surface area contributed by atoms with Crippen molar-refractivity contribution in [2.24, 2.45) is 0 Å². The van der Waals surface area contributed by atoms with Crippen LogP contribution in [0.2, 0.25) is 0 Å². The van der Waals surface area contributed by atoms with E-state index < -0.39 is 0 Å². The lowest BCUT2D eigenvalue weighted by Crippen LogP contribution is -2.35. The van der Waals surface area contributed by atoms with Gasteiger partial charge in [0.15, 0.2) is 0 Å². The predicted molar refractivity (Wildman–Crippen MR) is 90.6 cm³/mol. The third-order valence-corrected chi connectivity index (χ3v) is 5.10. The highest BCUT2D eigenvalue weighted by atomic mass is 32.2. The number of hydrogen-bond donors (Lipinski definition) is 1. The van der Waals surface area contributed by atoms with Gasteiger partial charge in [0, 0.05) is 11.8 Å². The zero-order valence-corrected chi connectivity index (χ0v) is 14.4. The highest BCUT2D eigenvalue weighted by Crippen LogP contribution is 2.28. The van der Waals surface area contributed by atoms with E-state index in [4.69, 9.17) is 0 Å². The SMILES string of the molecule is CSC(C)CN1C(=O)C(C)NC1c1ccc(C(C)C)cc1. The first kappa shape index (κ1) is 16.4. The quantitative estimate of drug-likeness (QED) is 0.905. The largest absolute Gasteiger partial charge is 0.320 e. The molecular formula is C17H26N2OS. The minimum Gasteiger partial charge on any atom is -0.320 e. The molecule has 1 amide bonds. The first-order chi connectivity index (χ1) is 9.93. The second kappa shape index (κ2) is 6.84. The van der Waals surface area contributed by atoms with Crippen molar-refractivity contribution in [1.82, 2.24) is 10.2 Å². The smallest absolute Gasteiger partial charge is 0.241 e. The number of benzene rings is 1. The molecule has 116 valence electrons. The molecule has 1 aromatic rings. The zero-order valence-electron chi connectivity index (χ0n) is 13.6. The number of amides is 1. The summed E-state index contributed by atoms with van der Waals surface area (Å²) < 4.78 is 0. The average molecular weight is 306 g/mol. The molecule has 3 nitrogen and oxygen atoms in total. The van der Waals surface area contributed by atoms with Gasteiger partial charge in [-0.25, -0.2) is 0 Å². The second-order valence-corrected chi connectivity index (χ2v) is 7.43. The van der Waals surface area contributed by atoms with Crippen LogP contribution in [0.25, 0.3) is 0 Å². The Balaban J connectivity index is 2.21. The molecule has 0 radical (unpaired) electrons. The van der Waals surface area contributed by atoms with Gasteiger partial charge in [0.25, 0.3) is 0 Å². The number of nitrogens with one attached hydrogen (secondary N) is 1. The molecule has 1 saturated heterocycles. The fourth-order valence-corrected chi connectivity index (χ4v) is 2.97. The van der Waals surface area contributed by atoms with Gasteiger partial charge in [0.05, 0.1) is 6.04 Å². The van der Waals surface area contributed by atoms with E-state index in [0.29, 0.717) is 11.2 Å². The van der Waals surface area contributed by atoms with E-state index in [0.717, 1.165) is 6.54 Å². The molecule has 0 aliphatic carbocycles. The molecule has 3 unspecified atom stereocenters. The summed E-state index contributed by atoms with van der Waals surface area (Å²) in [7, 11) is 0. The summed E-state index contributed by atoms with van der Waals surface area (Å²) >= 11 is 1.80. The van der Waals surface area contributed by atoms with Crippen LogP contribution in [0, 0.1) is 0 Å². The molecule has 4 heteroatoms. The normalized spacial score (nSPS) is 23.9. The van der Waals surface area contributed by atoms with Crippen molar-refractivity contribution < 1.29 is 4.79 Å². The zero-order chi connectivity index (χ0) is 15.6. The minimum atomic E-state index is -0.103. The van der Waals surface area contributed by atoms with E-state index in [9.17, 15) is 4.79 Å². The summed E-state index contributed by atoms with van der Waals surface area (Å²) in [6, 6.07) is 8.54. The van der Waals surface area contributed by atoms with Crippen molar-refractivity contribution in [3.63, 3.8) is 0 Å². The highest BCUT2D eigenvalue weighted by molar-refractivity contribution is 7.99. The number of nitrogens with zero attached hydrogens (tertiary/aromatic N) is 1. The summed E-state index contributed by atoms with van der Waals surface area (Å²) in [4.78, 5) is 14.4. The fraction of sp³-hybridized carbons (Fsp3) is 0.588. The lowest BCUT2D eigenvalue weighted by atomic mass is 10.0. The fourth-order valence-electron chi connectivity index (χ4n) is 2.66. The van der Waals surface area contributed by atoms with Crippen LogP contribution in [0.5, 0.6) is 0 Å². The van der Waals surface area contributed by atoms with E-state index in [1.807, 2.05) is 11.8 Å². The topological polar surface area (TPSA) is 32.3 Å². The molecule has 0 aromatic heterocycles. The summed E-state index contributed by atoms with van der Waals surface area (Å²) in [6.07, 6.45) is 2.09. The Kier molecular flexibility index (Phi) is 5.33. The Hall–Kier alpha value is -1.00. The Morgan fingerprint density at radius 1 is 1.24 bits per heavy atom. The third kappa shape index (κ3) is 3.61. The van der Waals surface area contributed by atoms with Gasteiger partial charge in [-0.15, -0.1) is 0 Å². The summed E-state index contributed by atoms with van der Waals surface area (Å²) in [5.41, 5.74) is 2.51. The highest BCUT2D eigenvalue weighted by Gasteiger charge is 2.37. The van der Waals surface area contributed by atoms with E-state index >= 15 is 0 Å². The second-order valence-electron chi connectivity index (χ2n) is 6.15. The maximum Gasteiger partial charge on any atom is 0.241 e. The standard InChI is InChI=1S/C17H26N2OS/c1-11(2)14-6-8-15(9-7-14)16-18-13(4)17(20)19(16)10-12(3)21-5/h6-9,11-13,16,18H,10H2,1-5H3. The Bertz CT molecular complexity index is 486. The molecule has 1 N–H and O–H groups in total. The van der Waals surface area contributed by atoms with Crippen molar-refractivity contribution in [2.75, 3.05) is 12.8 Å². The third-order valence-electron chi connectivity index (χ3n) is 4.15. The number of carbonyl (C=O) groups is 1. The number of rotatable bonds is 5. The number of hydrogen-bond acceptors (Lipinski definition) is 3. The molecule has 1 fully saturated rings. The van der Waals surface area contributed by atoms with Crippen LogP contribution in [0.3, 0.4) is 0 Å². The van der Waals surface area contributed by atoms with Crippen LogP contribution in [0.1, 0.15) is 50.9 Å². The van der Waals surface area contributed by atoms with Crippen LogP contribution >= 0.6 is 11.8 Å². The van der Waals surface area contributed by atoms with Gasteiger partial charge in [-0.3, -0.25) is 10.1 Å². The van der Waals surface area contributed by atoms with Crippen molar-refractivity contribution in [3.8, 4) is 0 Å². The van der Waals surface area contributed by atoms with Crippen molar-refractivity contribution in [2.45, 2.75) is 51.1 Å². The van der Waals surface area contributed by atoms with Gasteiger partial charge in [-0.2, -0.15) is 11.8 Å². The summed E-state index contributed by atoms with van der Waals surface area (Å²) in [5, 5.41) is 3.86. The van der Waals surface area contributed by atoms with Crippen molar-refractivity contribution in [3.05, 3.63) is 35.4 Å². The van der Waals surface area contributed by atoms with Crippen LogP contribution in [0.15, 0.2) is 24.3 Å². The lowest BCUT2D eigenvalue weighted by molar-refractivity contribution is -0.129. The minimum absolute atomic E-state index is 0.00307. The molecule has 1 aliphatic heterocycles. The van der Waals surface area contributed by atoms with E-state index in [1.165, 1.54) is 11.1 Å². The van der Waals surface area contributed by atoms with Gasteiger partial charge >= 0.3 is 0 Å². The van der Waals surface area contributed by atoms with E-state index in [2.05, 4.69) is 56.6 Å². The molecule has 0 spiro atoms. The molecule has 0 saturated carbocycles. The van der Waals surface area contributed by atoms with Crippen molar-refractivity contribution >= 4 is 17.7 Å². The van der Waals surface area contributed by atoms with Crippen LogP contribution in [-0.4, -0.2) is 34.9 Å². The number of thioether (sulfide) groups is 1. The molecule has 21 heavy (non-hydrogen) atoms. The van der Waals surface area contributed by atoms with Gasteiger partial charge in [-0.1, -0.05) is 45.0 Å². The summed E-state index contributed by atoms with van der Waals surface area (Å²) in [5.74, 6) is 0.734. The Morgan fingerprint density at radius 2 is 1.86 bits per heavy atom. The summed E-state index contributed by atoms with van der Waals surface area (Å²) in [6.45, 7) is 9.29. The lowest BCUT2D eigenvalue weighted by Gasteiger charge is -2.27. The van der Waals surface area contributed by atoms with Gasteiger partial charge in [0.2, 0.25) is 5.91 Å². The monoisotopic (exact) mass is 306 g/mol. The molecule has 1 aromatic carbocycles. The molecule has 1 heterocycles. The van der Waals surface area contributed by atoms with Crippen LogP contribution in [-0.2, 0) is 4.79 Å². The number of carbonyl (C=O) groups excluding carboxylic acids is 1. The molecular weight excluding hydrogens is 280 g/mol. The van der Waals surface area contributed by atoms with E-state index in [-0.39, 0.29) is 18.1 Å². The first-order valence-corrected chi connectivity index (χ1v) is 8.92. The Labute approximate surface area is 132 Å². The predicted octanol–water partition coefficient (Wildman–Crippen LogP) is 3.38. The van der Waals surface area contributed by atoms with Crippen LogP contribution < -0.4 is 5.32 Å². The van der Waals surface area contributed by atoms with Crippen molar-refractivity contribution in [1.29, 1.82) is 0 Å². The van der Waals surface area contributed by atoms with Gasteiger partial charge in [-0.05, 0) is 30.2 Å². The van der Waals surface area contributed by atoms with E-state index in [1.54, 1.807) is 11.8 Å². The van der Waals surface area contributed by atoms with Crippen LogP contribution in [0.4, 0.5) is 0 Å². The Morgan fingerprint density at radius 3 is 2.38 bits per heavy atom.